The number of amides is 1. The topological polar surface area (TPSA) is 86.5 Å². The number of ether oxygens (including phenoxy) is 2. The van der Waals surface area contributed by atoms with E-state index in [0.717, 1.165) is 16.8 Å². The third kappa shape index (κ3) is 3.90. The minimum atomic E-state index is -0.393. The lowest BCUT2D eigenvalue weighted by molar-refractivity contribution is -0.115. The number of nitrogens with zero attached hydrogens (tertiary/aromatic N) is 2. The molecule has 1 amide bonds. The highest BCUT2D eigenvalue weighted by Crippen LogP contribution is 2.36. The van der Waals surface area contributed by atoms with Gasteiger partial charge in [0.1, 0.15) is 0 Å². The molecular formula is C19H17N3O4S. The van der Waals surface area contributed by atoms with Crippen LogP contribution in [0.5, 0.6) is 11.5 Å². The molecule has 0 aliphatic carbocycles. The zero-order chi connectivity index (χ0) is 18.8. The average Bonchev–Trinajstić information content (AvgIpc) is 3.30. The third-order valence-electron chi connectivity index (χ3n) is 3.96. The fourth-order valence-corrected chi connectivity index (χ4v) is 3.26. The van der Waals surface area contributed by atoms with Gasteiger partial charge in [-0.1, -0.05) is 23.9 Å². The normalized spacial score (nSPS) is 13.4. The van der Waals surface area contributed by atoms with Gasteiger partial charge in [0.2, 0.25) is 18.6 Å². The highest BCUT2D eigenvalue weighted by atomic mass is 32.2. The molecule has 138 valence electrons. The average molecular weight is 383 g/mol. The van der Waals surface area contributed by atoms with Crippen LogP contribution in [-0.4, -0.2) is 28.1 Å². The lowest BCUT2D eigenvalue weighted by atomic mass is 10.2. The molecule has 0 saturated carbocycles. The Morgan fingerprint density at radius 1 is 1.15 bits per heavy atom. The van der Waals surface area contributed by atoms with Crippen molar-refractivity contribution >= 4 is 23.4 Å². The van der Waals surface area contributed by atoms with Crippen LogP contribution in [0.15, 0.2) is 52.1 Å². The van der Waals surface area contributed by atoms with E-state index >= 15 is 0 Å². The molecule has 2 heterocycles. The predicted octanol–water partition coefficient (Wildman–Crippen LogP) is 3.89. The van der Waals surface area contributed by atoms with Gasteiger partial charge in [0, 0.05) is 11.3 Å². The van der Waals surface area contributed by atoms with Crippen molar-refractivity contribution in [1.82, 2.24) is 10.2 Å². The maximum Gasteiger partial charge on any atom is 0.277 e. The van der Waals surface area contributed by atoms with Gasteiger partial charge in [-0.2, -0.15) is 0 Å². The maximum atomic E-state index is 12.4. The second kappa shape index (κ2) is 7.32. The zero-order valence-electron chi connectivity index (χ0n) is 14.8. The Morgan fingerprint density at radius 3 is 2.85 bits per heavy atom. The van der Waals surface area contributed by atoms with Crippen molar-refractivity contribution in [2.24, 2.45) is 0 Å². The molecule has 1 atom stereocenters. The Kier molecular flexibility index (Phi) is 4.72. The number of thioether (sulfide) groups is 1. The smallest absolute Gasteiger partial charge is 0.277 e. The molecule has 1 unspecified atom stereocenters. The van der Waals surface area contributed by atoms with Crippen molar-refractivity contribution in [3.63, 3.8) is 0 Å². The summed E-state index contributed by atoms with van der Waals surface area (Å²) in [5.74, 6) is 1.57. The van der Waals surface area contributed by atoms with E-state index in [1.165, 1.54) is 11.8 Å². The Hall–Kier alpha value is -3.00. The second-order valence-electron chi connectivity index (χ2n) is 6.06. The van der Waals surface area contributed by atoms with Crippen LogP contribution in [0.1, 0.15) is 12.5 Å². The van der Waals surface area contributed by atoms with E-state index in [1.54, 1.807) is 19.1 Å². The van der Waals surface area contributed by atoms with Gasteiger partial charge in [-0.05, 0) is 49.7 Å². The first-order chi connectivity index (χ1) is 13.1. The summed E-state index contributed by atoms with van der Waals surface area (Å²) in [5.41, 5.74) is 2.58. The Morgan fingerprint density at radius 2 is 2.00 bits per heavy atom. The van der Waals surface area contributed by atoms with Crippen LogP contribution in [0, 0.1) is 6.92 Å². The van der Waals surface area contributed by atoms with Gasteiger partial charge in [0.25, 0.3) is 5.22 Å². The van der Waals surface area contributed by atoms with Gasteiger partial charge in [-0.3, -0.25) is 4.79 Å². The molecule has 0 saturated heterocycles. The monoisotopic (exact) mass is 383 g/mol. The Labute approximate surface area is 160 Å². The summed E-state index contributed by atoms with van der Waals surface area (Å²) in [6.07, 6.45) is 0. The van der Waals surface area contributed by atoms with Crippen molar-refractivity contribution in [3.05, 3.63) is 48.0 Å². The van der Waals surface area contributed by atoms with Crippen LogP contribution in [0.4, 0.5) is 5.69 Å². The maximum absolute atomic E-state index is 12.4. The SMILES string of the molecule is Cc1cccc(NC(=O)C(C)Sc2nnc(-c3ccc4c(c3)OCO4)o2)c1. The molecule has 8 heteroatoms. The first-order valence-corrected chi connectivity index (χ1v) is 9.24. The first kappa shape index (κ1) is 17.4. The number of fused-ring (bicyclic) bond motifs is 1. The van der Waals surface area contributed by atoms with E-state index in [-0.39, 0.29) is 12.7 Å². The molecule has 4 rings (SSSR count). The fraction of sp³-hybridized carbons (Fsp3) is 0.211. The van der Waals surface area contributed by atoms with Gasteiger partial charge < -0.3 is 19.2 Å². The summed E-state index contributed by atoms with van der Waals surface area (Å²) < 4.78 is 16.3. The second-order valence-corrected chi connectivity index (χ2v) is 7.35. The summed E-state index contributed by atoms with van der Waals surface area (Å²) in [6.45, 7) is 3.97. The van der Waals surface area contributed by atoms with Gasteiger partial charge >= 0.3 is 0 Å². The molecule has 0 fully saturated rings. The number of carbonyl (C=O) groups is 1. The molecule has 1 aliphatic heterocycles. The molecule has 3 aromatic rings. The molecule has 7 nitrogen and oxygen atoms in total. The summed E-state index contributed by atoms with van der Waals surface area (Å²) in [6, 6.07) is 13.1. The molecular weight excluding hydrogens is 366 g/mol. The van der Waals surface area contributed by atoms with E-state index in [4.69, 9.17) is 13.9 Å². The fourth-order valence-electron chi connectivity index (χ4n) is 2.58. The van der Waals surface area contributed by atoms with Crippen LogP contribution in [0.25, 0.3) is 11.5 Å². The van der Waals surface area contributed by atoms with E-state index in [2.05, 4.69) is 15.5 Å². The van der Waals surface area contributed by atoms with E-state index < -0.39 is 5.25 Å². The number of benzene rings is 2. The molecule has 0 radical (unpaired) electrons. The zero-order valence-corrected chi connectivity index (χ0v) is 15.6. The van der Waals surface area contributed by atoms with Crippen LogP contribution >= 0.6 is 11.8 Å². The number of rotatable bonds is 5. The van der Waals surface area contributed by atoms with E-state index in [1.807, 2.05) is 37.3 Å². The van der Waals surface area contributed by atoms with Crippen molar-refractivity contribution in [2.75, 3.05) is 12.1 Å². The van der Waals surface area contributed by atoms with Crippen LogP contribution in [-0.2, 0) is 4.79 Å². The summed E-state index contributed by atoms with van der Waals surface area (Å²) in [7, 11) is 0. The summed E-state index contributed by atoms with van der Waals surface area (Å²) >= 11 is 1.21. The molecule has 2 aromatic carbocycles. The number of aromatic nitrogens is 2. The molecule has 1 aliphatic rings. The van der Waals surface area contributed by atoms with Crippen LogP contribution in [0.2, 0.25) is 0 Å². The minimum Gasteiger partial charge on any atom is -0.454 e. The van der Waals surface area contributed by atoms with E-state index in [9.17, 15) is 4.79 Å². The van der Waals surface area contributed by atoms with Gasteiger partial charge in [0.05, 0.1) is 5.25 Å². The van der Waals surface area contributed by atoms with Gasteiger partial charge in [-0.25, -0.2) is 0 Å². The highest BCUT2D eigenvalue weighted by molar-refractivity contribution is 8.00. The quantitative estimate of drug-likeness (QED) is 0.669. The number of aryl methyl sites for hydroxylation is 1. The van der Waals surface area contributed by atoms with Crippen molar-refractivity contribution in [3.8, 4) is 23.0 Å². The van der Waals surface area contributed by atoms with Crippen molar-refractivity contribution in [1.29, 1.82) is 0 Å². The molecule has 0 bridgehead atoms. The number of hydrogen-bond donors (Lipinski definition) is 1. The third-order valence-corrected chi connectivity index (χ3v) is 4.89. The molecule has 1 N–H and O–H groups in total. The Bertz CT molecular complexity index is 989. The van der Waals surface area contributed by atoms with Gasteiger partial charge in [-0.15, -0.1) is 10.2 Å². The standard InChI is InChI=1S/C19H17N3O4S/c1-11-4-3-5-14(8-11)20-17(23)12(2)27-19-22-21-18(26-19)13-6-7-15-16(9-13)25-10-24-15/h3-9,12H,10H2,1-2H3,(H,20,23). The number of carbonyl (C=O) groups excluding carboxylic acids is 1. The Balaban J connectivity index is 1.42. The minimum absolute atomic E-state index is 0.131. The van der Waals surface area contributed by atoms with Crippen LogP contribution in [0.3, 0.4) is 0 Å². The summed E-state index contributed by atoms with van der Waals surface area (Å²) in [5, 5.41) is 10.9. The lowest BCUT2D eigenvalue weighted by Gasteiger charge is -2.10. The van der Waals surface area contributed by atoms with Gasteiger partial charge in [0.15, 0.2) is 11.5 Å². The predicted molar refractivity (Wildman–Crippen MR) is 101 cm³/mol. The molecule has 27 heavy (non-hydrogen) atoms. The number of anilines is 1. The highest BCUT2D eigenvalue weighted by Gasteiger charge is 2.20. The molecule has 0 spiro atoms. The largest absolute Gasteiger partial charge is 0.454 e. The number of nitrogens with one attached hydrogen (secondary N) is 1. The lowest BCUT2D eigenvalue weighted by Crippen LogP contribution is -2.22. The molecule has 1 aromatic heterocycles. The van der Waals surface area contributed by atoms with Crippen molar-refractivity contribution in [2.45, 2.75) is 24.3 Å². The van der Waals surface area contributed by atoms with Crippen LogP contribution < -0.4 is 14.8 Å². The number of hydrogen-bond acceptors (Lipinski definition) is 7. The van der Waals surface area contributed by atoms with Crippen molar-refractivity contribution < 1.29 is 18.7 Å². The van der Waals surface area contributed by atoms with E-state index in [0.29, 0.717) is 22.6 Å². The first-order valence-electron chi connectivity index (χ1n) is 8.36. The summed E-state index contributed by atoms with van der Waals surface area (Å²) in [4.78, 5) is 12.4.